The Morgan fingerprint density at radius 1 is 1.08 bits per heavy atom. The summed E-state index contributed by atoms with van der Waals surface area (Å²) >= 11 is 0. The van der Waals surface area contributed by atoms with E-state index in [1.54, 1.807) is 0 Å². The lowest BCUT2D eigenvalue weighted by atomic mass is 9.87. The number of allylic oxidation sites excluding steroid dienone is 2. The first-order valence-corrected chi connectivity index (χ1v) is 8.62. The molecule has 7 nitrogen and oxygen atoms in total. The molecule has 0 N–H and O–H groups in total. The topological polar surface area (TPSA) is 91.3 Å². The Balaban J connectivity index is 2.12. The van der Waals surface area contributed by atoms with E-state index in [0.29, 0.717) is 0 Å². The molecule has 3 aliphatic rings. The number of ketones is 1. The molecule has 7 heteroatoms. The van der Waals surface area contributed by atoms with Gasteiger partial charge in [0, 0.05) is 0 Å². The summed E-state index contributed by atoms with van der Waals surface area (Å²) in [6, 6.07) is 0.0191. The maximum atomic E-state index is 12.5. The number of esters is 2. The van der Waals surface area contributed by atoms with Crippen LogP contribution < -0.4 is 0 Å². The second-order valence-electron chi connectivity index (χ2n) is 6.42. The first-order valence-electron chi connectivity index (χ1n) is 8.62. The third kappa shape index (κ3) is 3.21. The molecule has 1 heterocycles. The van der Waals surface area contributed by atoms with E-state index in [4.69, 9.17) is 14.2 Å². The molecule has 0 bridgehead atoms. The van der Waals surface area contributed by atoms with Crippen LogP contribution in [0.25, 0.3) is 0 Å². The summed E-state index contributed by atoms with van der Waals surface area (Å²) in [6.45, 7) is 0. The predicted octanol–water partition coefficient (Wildman–Crippen LogP) is 1.82. The van der Waals surface area contributed by atoms with Gasteiger partial charge in [0.25, 0.3) is 0 Å². The fraction of sp³-hybridized carbons (Fsp3) is 0.474. The van der Waals surface area contributed by atoms with Gasteiger partial charge in [0.05, 0.1) is 20.3 Å². The van der Waals surface area contributed by atoms with Crippen LogP contribution in [0.2, 0.25) is 0 Å². The minimum absolute atomic E-state index is 0.0191. The largest absolute Gasteiger partial charge is 0.466 e. The van der Waals surface area contributed by atoms with Crippen molar-refractivity contribution in [2.75, 3.05) is 14.2 Å². The van der Waals surface area contributed by atoms with Gasteiger partial charge in [0.1, 0.15) is 11.1 Å². The third-order valence-electron chi connectivity index (χ3n) is 4.76. The smallest absolute Gasteiger partial charge is 0.344 e. The molecule has 0 aromatic heterocycles. The van der Waals surface area contributed by atoms with E-state index in [1.807, 2.05) is 0 Å². The molecule has 1 fully saturated rings. The summed E-state index contributed by atoms with van der Waals surface area (Å²) in [5.74, 6) is -1.63. The number of rotatable bonds is 3. The number of hydrogen-bond acceptors (Lipinski definition) is 7. The van der Waals surface area contributed by atoms with Crippen LogP contribution in [0.1, 0.15) is 32.1 Å². The molecule has 0 atom stereocenters. The van der Waals surface area contributed by atoms with Crippen LogP contribution in [0.15, 0.2) is 40.4 Å². The quantitative estimate of drug-likeness (QED) is 0.714. The lowest BCUT2D eigenvalue weighted by molar-refractivity contribution is -0.139. The van der Waals surface area contributed by atoms with Crippen molar-refractivity contribution in [2.45, 2.75) is 43.7 Å². The minimum atomic E-state index is -1.39. The molecule has 0 aromatic rings. The van der Waals surface area contributed by atoms with Crippen molar-refractivity contribution in [3.8, 4) is 0 Å². The second kappa shape index (κ2) is 7.27. The molecule has 3 rings (SSSR count). The van der Waals surface area contributed by atoms with Crippen molar-refractivity contribution in [2.24, 2.45) is 4.99 Å². The molecule has 0 radical (unpaired) electrons. The van der Waals surface area contributed by atoms with Gasteiger partial charge in [0.2, 0.25) is 5.90 Å². The zero-order valence-corrected chi connectivity index (χ0v) is 14.8. The van der Waals surface area contributed by atoms with E-state index < -0.39 is 17.5 Å². The summed E-state index contributed by atoms with van der Waals surface area (Å²) in [7, 11) is 2.44. The molecule has 0 unspecified atom stereocenters. The van der Waals surface area contributed by atoms with Crippen LogP contribution in [0.5, 0.6) is 0 Å². The normalized spacial score (nSPS) is 23.5. The van der Waals surface area contributed by atoms with Crippen molar-refractivity contribution in [3.63, 3.8) is 0 Å². The van der Waals surface area contributed by atoms with Gasteiger partial charge in [-0.25, -0.2) is 14.6 Å². The van der Waals surface area contributed by atoms with Crippen molar-refractivity contribution in [3.05, 3.63) is 35.5 Å². The Morgan fingerprint density at radius 2 is 1.69 bits per heavy atom. The summed E-state index contributed by atoms with van der Waals surface area (Å²) in [6.07, 6.45) is 10.5. The van der Waals surface area contributed by atoms with Gasteiger partial charge >= 0.3 is 11.9 Å². The Bertz CT molecular complexity index is 736. The van der Waals surface area contributed by atoms with Crippen molar-refractivity contribution < 1.29 is 28.6 Å². The number of ether oxygens (including phenoxy) is 3. The number of aliphatic imine (C=N–C) groups is 1. The molecule has 138 valence electrons. The summed E-state index contributed by atoms with van der Waals surface area (Å²) in [5.41, 5.74) is -1.46. The molecule has 26 heavy (non-hydrogen) atoms. The van der Waals surface area contributed by atoms with E-state index in [1.165, 1.54) is 38.5 Å². The number of carbonyl (C=O) groups is 3. The fourth-order valence-corrected chi connectivity index (χ4v) is 3.44. The zero-order chi connectivity index (χ0) is 18.7. The van der Waals surface area contributed by atoms with E-state index in [2.05, 4.69) is 4.99 Å². The van der Waals surface area contributed by atoms with Gasteiger partial charge in [-0.3, -0.25) is 4.79 Å². The first-order chi connectivity index (χ1) is 12.5. The van der Waals surface area contributed by atoms with E-state index in [0.717, 1.165) is 32.1 Å². The fourth-order valence-electron chi connectivity index (χ4n) is 3.44. The van der Waals surface area contributed by atoms with Gasteiger partial charge in [-0.15, -0.1) is 0 Å². The van der Waals surface area contributed by atoms with Gasteiger partial charge in [-0.1, -0.05) is 19.3 Å². The van der Waals surface area contributed by atoms with Gasteiger partial charge in [-0.05, 0) is 37.1 Å². The summed E-state index contributed by atoms with van der Waals surface area (Å²) < 4.78 is 15.7. The maximum absolute atomic E-state index is 12.5. The number of nitrogens with zero attached hydrogens (tertiary/aromatic N) is 1. The second-order valence-corrected chi connectivity index (χ2v) is 6.42. The first kappa shape index (κ1) is 18.1. The summed E-state index contributed by atoms with van der Waals surface area (Å²) in [4.78, 5) is 41.0. The van der Waals surface area contributed by atoms with E-state index in [-0.39, 0.29) is 28.9 Å². The average molecular weight is 359 g/mol. The lowest BCUT2D eigenvalue weighted by Crippen LogP contribution is -2.33. The monoisotopic (exact) mass is 359 g/mol. The van der Waals surface area contributed by atoms with Crippen molar-refractivity contribution in [1.29, 1.82) is 0 Å². The highest BCUT2D eigenvalue weighted by molar-refractivity contribution is 6.24. The Hall–Kier alpha value is -2.70. The Kier molecular flexibility index (Phi) is 5.06. The molecule has 0 amide bonds. The van der Waals surface area contributed by atoms with Crippen LogP contribution in [-0.2, 0) is 28.6 Å². The van der Waals surface area contributed by atoms with Crippen LogP contribution >= 0.6 is 0 Å². The highest BCUT2D eigenvalue weighted by atomic mass is 16.6. The van der Waals surface area contributed by atoms with E-state index >= 15 is 0 Å². The number of carbonyl (C=O) groups excluding carboxylic acids is 3. The molecule has 0 saturated heterocycles. The molecular weight excluding hydrogens is 338 g/mol. The third-order valence-corrected chi connectivity index (χ3v) is 4.76. The highest BCUT2D eigenvalue weighted by Crippen LogP contribution is 2.39. The van der Waals surface area contributed by atoms with Gasteiger partial charge < -0.3 is 14.2 Å². The highest BCUT2D eigenvalue weighted by Gasteiger charge is 2.51. The number of methoxy groups -OCH3 is 2. The van der Waals surface area contributed by atoms with Crippen molar-refractivity contribution >= 4 is 23.6 Å². The standard InChI is InChI=1S/C19H21NO6/c1-24-17(22)14-15(18(23)25-2)19(10-8-13(21)9-11-19)26-16(14)20-12-6-4-3-5-7-12/h8-12H,3-7H2,1-2H3. The predicted molar refractivity (Wildman–Crippen MR) is 92.5 cm³/mol. The molecular formula is C19H21NO6. The maximum Gasteiger partial charge on any atom is 0.344 e. The van der Waals surface area contributed by atoms with Crippen LogP contribution in [0, 0.1) is 0 Å². The van der Waals surface area contributed by atoms with Crippen LogP contribution in [0.3, 0.4) is 0 Å². The van der Waals surface area contributed by atoms with Gasteiger partial charge in [0.15, 0.2) is 11.4 Å². The summed E-state index contributed by atoms with van der Waals surface area (Å²) in [5, 5.41) is 0. The van der Waals surface area contributed by atoms with Crippen LogP contribution in [0.4, 0.5) is 0 Å². The molecule has 1 spiro atoms. The number of hydrogen-bond donors (Lipinski definition) is 0. The zero-order valence-electron chi connectivity index (χ0n) is 14.8. The molecule has 0 aromatic carbocycles. The molecule has 1 saturated carbocycles. The van der Waals surface area contributed by atoms with Gasteiger partial charge in [-0.2, -0.15) is 0 Å². The SMILES string of the molecule is COC(=O)C1=C(C(=O)OC)C2(C=CC(=O)C=C2)OC1=NC1CCCCC1. The Labute approximate surface area is 151 Å². The molecule has 1 aliphatic heterocycles. The minimum Gasteiger partial charge on any atom is -0.466 e. The Morgan fingerprint density at radius 3 is 2.27 bits per heavy atom. The molecule has 2 aliphatic carbocycles. The average Bonchev–Trinajstić information content (AvgIpc) is 2.97. The lowest BCUT2D eigenvalue weighted by Gasteiger charge is -2.25. The van der Waals surface area contributed by atoms with Crippen molar-refractivity contribution in [1.82, 2.24) is 0 Å². The van der Waals surface area contributed by atoms with Crippen LogP contribution in [-0.4, -0.2) is 49.5 Å². The van der Waals surface area contributed by atoms with E-state index in [9.17, 15) is 14.4 Å².